The predicted molar refractivity (Wildman–Crippen MR) is 89.9 cm³/mol. The monoisotopic (exact) mass is 323 g/mol. The molecule has 0 amide bonds. The summed E-state index contributed by atoms with van der Waals surface area (Å²) in [7, 11) is 1.62. The van der Waals surface area contributed by atoms with E-state index in [9.17, 15) is 4.79 Å². The number of aliphatic carboxylic acids is 1. The largest absolute Gasteiger partial charge is 0.497 e. The number of nitrogens with zero attached hydrogens (tertiary/aromatic N) is 1. The average molecular weight is 323 g/mol. The van der Waals surface area contributed by atoms with Crippen molar-refractivity contribution < 1.29 is 19.1 Å². The Morgan fingerprint density at radius 1 is 1.08 bits per heavy atom. The Kier molecular flexibility index (Phi) is 4.61. The summed E-state index contributed by atoms with van der Waals surface area (Å²) in [4.78, 5) is 15.3. The number of carbonyl (C=O) groups is 1. The van der Waals surface area contributed by atoms with E-state index in [0.29, 0.717) is 17.3 Å². The highest BCUT2D eigenvalue weighted by atomic mass is 16.5. The van der Waals surface area contributed by atoms with Gasteiger partial charge in [-0.05, 0) is 24.3 Å². The van der Waals surface area contributed by atoms with E-state index in [-0.39, 0.29) is 12.8 Å². The summed E-state index contributed by atoms with van der Waals surface area (Å²) in [5.74, 6) is 0.943. The minimum Gasteiger partial charge on any atom is -0.497 e. The highest BCUT2D eigenvalue weighted by Gasteiger charge is 2.17. The Labute approximate surface area is 139 Å². The van der Waals surface area contributed by atoms with Crippen molar-refractivity contribution in [1.82, 2.24) is 4.98 Å². The number of carboxylic acid groups (broad SMARTS) is 1. The van der Waals surface area contributed by atoms with E-state index in [0.717, 1.165) is 16.9 Å². The van der Waals surface area contributed by atoms with Crippen molar-refractivity contribution >= 4 is 5.97 Å². The van der Waals surface area contributed by atoms with E-state index in [1.807, 2.05) is 54.6 Å². The van der Waals surface area contributed by atoms with Gasteiger partial charge in [0.2, 0.25) is 0 Å². The van der Waals surface area contributed by atoms with Crippen molar-refractivity contribution in [2.24, 2.45) is 0 Å². The van der Waals surface area contributed by atoms with Gasteiger partial charge in [0.1, 0.15) is 11.4 Å². The van der Waals surface area contributed by atoms with Crippen LogP contribution in [-0.2, 0) is 11.2 Å². The molecule has 0 radical (unpaired) electrons. The van der Waals surface area contributed by atoms with Gasteiger partial charge < -0.3 is 14.3 Å². The number of methoxy groups -OCH3 is 1. The predicted octanol–water partition coefficient (Wildman–Crippen LogP) is 4.03. The van der Waals surface area contributed by atoms with Crippen molar-refractivity contribution in [2.75, 3.05) is 7.11 Å². The van der Waals surface area contributed by atoms with Crippen molar-refractivity contribution in [2.45, 2.75) is 12.8 Å². The Morgan fingerprint density at radius 3 is 2.42 bits per heavy atom. The molecule has 0 saturated carbocycles. The molecular formula is C19H17NO4. The summed E-state index contributed by atoms with van der Waals surface area (Å²) in [5.41, 5.74) is 2.49. The quantitative estimate of drug-likeness (QED) is 0.741. The lowest BCUT2D eigenvalue weighted by Crippen LogP contribution is -1.97. The van der Waals surface area contributed by atoms with E-state index in [1.54, 1.807) is 7.11 Å². The van der Waals surface area contributed by atoms with Gasteiger partial charge in [-0.25, -0.2) is 4.98 Å². The highest BCUT2D eigenvalue weighted by Crippen LogP contribution is 2.33. The maximum absolute atomic E-state index is 10.8. The first-order valence-corrected chi connectivity index (χ1v) is 7.58. The van der Waals surface area contributed by atoms with Gasteiger partial charge in [0.05, 0.1) is 13.5 Å². The molecule has 0 fully saturated rings. The van der Waals surface area contributed by atoms with Crippen molar-refractivity contribution in [3.63, 3.8) is 0 Å². The fourth-order valence-electron chi connectivity index (χ4n) is 2.41. The minimum absolute atomic E-state index is 0.0171. The number of rotatable bonds is 6. The first kappa shape index (κ1) is 15.8. The molecule has 0 saturated heterocycles. The topological polar surface area (TPSA) is 72.6 Å². The van der Waals surface area contributed by atoms with Gasteiger partial charge in [-0.2, -0.15) is 0 Å². The van der Waals surface area contributed by atoms with Gasteiger partial charge >= 0.3 is 5.97 Å². The molecular weight excluding hydrogens is 306 g/mol. The zero-order valence-electron chi connectivity index (χ0n) is 13.2. The number of benzene rings is 2. The van der Waals surface area contributed by atoms with Gasteiger partial charge in [0, 0.05) is 17.5 Å². The molecule has 0 unspecified atom stereocenters. The van der Waals surface area contributed by atoms with Crippen LogP contribution in [0.1, 0.15) is 12.3 Å². The molecule has 0 spiro atoms. The summed E-state index contributed by atoms with van der Waals surface area (Å²) in [6, 6.07) is 17.2. The first-order chi connectivity index (χ1) is 11.7. The molecule has 0 bridgehead atoms. The van der Waals surface area contributed by atoms with E-state index < -0.39 is 5.97 Å². The number of ether oxygens (including phenoxy) is 1. The zero-order valence-corrected chi connectivity index (χ0v) is 13.2. The van der Waals surface area contributed by atoms with Crippen LogP contribution in [0.5, 0.6) is 5.75 Å². The number of hydrogen-bond donors (Lipinski definition) is 1. The molecule has 0 atom stereocenters. The molecule has 122 valence electrons. The molecule has 0 aliphatic carbocycles. The molecule has 5 heteroatoms. The fourth-order valence-corrected chi connectivity index (χ4v) is 2.41. The molecule has 5 nitrogen and oxygen atoms in total. The second-order valence-corrected chi connectivity index (χ2v) is 5.27. The lowest BCUT2D eigenvalue weighted by atomic mass is 10.1. The summed E-state index contributed by atoms with van der Waals surface area (Å²) in [6.45, 7) is 0. The van der Waals surface area contributed by atoms with E-state index in [4.69, 9.17) is 14.3 Å². The average Bonchev–Trinajstić information content (AvgIpc) is 3.05. The third-order valence-electron chi connectivity index (χ3n) is 3.62. The van der Waals surface area contributed by atoms with Crippen LogP contribution in [-0.4, -0.2) is 23.2 Å². The SMILES string of the molecule is COc1ccc(-c2nc(CCC(=O)O)oc2-c2ccccc2)cc1. The standard InChI is InChI=1S/C19H17NO4/c1-23-15-9-7-13(8-10-15)18-19(14-5-3-2-4-6-14)24-16(20-18)11-12-17(21)22/h2-10H,11-12H2,1H3,(H,21,22). The lowest BCUT2D eigenvalue weighted by molar-refractivity contribution is -0.137. The molecule has 3 aromatic rings. The summed E-state index contributed by atoms with van der Waals surface area (Å²) in [5, 5.41) is 8.86. The molecule has 2 aromatic carbocycles. The Hall–Kier alpha value is -3.08. The maximum atomic E-state index is 10.8. The van der Waals surface area contributed by atoms with Crippen LogP contribution in [0.15, 0.2) is 59.0 Å². The number of carboxylic acids is 1. The molecule has 3 rings (SSSR count). The second kappa shape index (κ2) is 7.00. The van der Waals surface area contributed by atoms with Crippen LogP contribution in [0.4, 0.5) is 0 Å². The number of hydrogen-bond acceptors (Lipinski definition) is 4. The van der Waals surface area contributed by atoms with E-state index in [1.165, 1.54) is 0 Å². The smallest absolute Gasteiger partial charge is 0.303 e. The van der Waals surface area contributed by atoms with Gasteiger partial charge in [-0.15, -0.1) is 0 Å². The van der Waals surface area contributed by atoms with E-state index >= 15 is 0 Å². The van der Waals surface area contributed by atoms with Gasteiger partial charge in [0.15, 0.2) is 11.7 Å². The van der Waals surface area contributed by atoms with Crippen LogP contribution in [0.25, 0.3) is 22.6 Å². The number of oxazole rings is 1. The number of aromatic nitrogens is 1. The summed E-state index contributed by atoms with van der Waals surface area (Å²) in [6.07, 6.45) is 0.238. The van der Waals surface area contributed by atoms with E-state index in [2.05, 4.69) is 4.98 Å². The van der Waals surface area contributed by atoms with Gasteiger partial charge in [0.25, 0.3) is 0 Å². The minimum atomic E-state index is -0.875. The van der Waals surface area contributed by atoms with Gasteiger partial charge in [-0.3, -0.25) is 4.79 Å². The van der Waals surface area contributed by atoms with Gasteiger partial charge in [-0.1, -0.05) is 30.3 Å². The fraction of sp³-hybridized carbons (Fsp3) is 0.158. The zero-order chi connectivity index (χ0) is 16.9. The van der Waals surface area contributed by atoms with Crippen molar-refractivity contribution in [1.29, 1.82) is 0 Å². The Morgan fingerprint density at radius 2 is 1.79 bits per heavy atom. The molecule has 0 aliphatic rings. The summed E-state index contributed by atoms with van der Waals surface area (Å²) < 4.78 is 11.0. The van der Waals surface area contributed by atoms with Crippen LogP contribution in [0, 0.1) is 0 Å². The summed E-state index contributed by atoms with van der Waals surface area (Å²) >= 11 is 0. The van der Waals surface area contributed by atoms with Crippen LogP contribution in [0.2, 0.25) is 0 Å². The third kappa shape index (κ3) is 3.46. The molecule has 1 N–H and O–H groups in total. The Balaban J connectivity index is 2.03. The van der Waals surface area contributed by atoms with Crippen LogP contribution >= 0.6 is 0 Å². The normalized spacial score (nSPS) is 10.5. The first-order valence-electron chi connectivity index (χ1n) is 7.58. The second-order valence-electron chi connectivity index (χ2n) is 5.27. The highest BCUT2D eigenvalue weighted by molar-refractivity contribution is 5.77. The molecule has 1 aromatic heterocycles. The molecule has 24 heavy (non-hydrogen) atoms. The molecule has 0 aliphatic heterocycles. The van der Waals surface area contributed by atoms with Crippen LogP contribution < -0.4 is 4.74 Å². The maximum Gasteiger partial charge on any atom is 0.303 e. The van der Waals surface area contributed by atoms with Crippen molar-refractivity contribution in [3.8, 4) is 28.3 Å². The lowest BCUT2D eigenvalue weighted by Gasteiger charge is -2.03. The number of aryl methyl sites for hydroxylation is 1. The molecule has 1 heterocycles. The third-order valence-corrected chi connectivity index (χ3v) is 3.62. The Bertz CT molecular complexity index is 822. The van der Waals surface area contributed by atoms with Crippen molar-refractivity contribution in [3.05, 3.63) is 60.5 Å². The van der Waals surface area contributed by atoms with Crippen LogP contribution in [0.3, 0.4) is 0 Å².